The third kappa shape index (κ3) is 2.22. The van der Waals surface area contributed by atoms with Gasteiger partial charge in [-0.1, -0.05) is 58.4 Å². The smallest absolute Gasteiger partial charge is 0.225 e. The van der Waals surface area contributed by atoms with E-state index in [2.05, 4.69) is 57.6 Å². The molecule has 1 amide bonds. The Balaban J connectivity index is 1.99. The highest BCUT2D eigenvalue weighted by Gasteiger charge is 2.28. The molecule has 0 fully saturated rings. The molecule has 3 aromatic rings. The average molecular weight is 352 g/mol. The predicted molar refractivity (Wildman–Crippen MR) is 93.2 cm³/mol. The van der Waals surface area contributed by atoms with Crippen LogP contribution in [0.3, 0.4) is 0 Å². The lowest BCUT2D eigenvalue weighted by molar-refractivity contribution is -0.116. The van der Waals surface area contributed by atoms with Gasteiger partial charge in [0.15, 0.2) is 0 Å². The number of nitrogens with one attached hydrogen (secondary N) is 1. The molecule has 22 heavy (non-hydrogen) atoms. The maximum Gasteiger partial charge on any atom is 0.225 e. The Kier molecular flexibility index (Phi) is 3.23. The number of benzene rings is 3. The molecule has 1 heterocycles. The Labute approximate surface area is 137 Å². The van der Waals surface area contributed by atoms with Gasteiger partial charge >= 0.3 is 0 Å². The van der Waals surface area contributed by atoms with Gasteiger partial charge in [0, 0.05) is 22.5 Å². The summed E-state index contributed by atoms with van der Waals surface area (Å²) in [6, 6.07) is 20.7. The summed E-state index contributed by atoms with van der Waals surface area (Å²) < 4.78 is 1.04. The number of hydrogen-bond donors (Lipinski definition) is 1. The minimum Gasteiger partial charge on any atom is -0.326 e. The number of rotatable bonds is 1. The van der Waals surface area contributed by atoms with Gasteiger partial charge in [0.2, 0.25) is 5.91 Å². The average Bonchev–Trinajstić information content (AvgIpc) is 2.53. The van der Waals surface area contributed by atoms with Crippen LogP contribution in [0.2, 0.25) is 0 Å². The van der Waals surface area contributed by atoms with Crippen molar-refractivity contribution in [1.82, 2.24) is 0 Å². The quantitative estimate of drug-likeness (QED) is 0.650. The maximum absolute atomic E-state index is 12.1. The molecule has 1 aliphatic rings. The summed E-state index contributed by atoms with van der Waals surface area (Å²) in [5.74, 6) is 0.167. The van der Waals surface area contributed by atoms with Crippen molar-refractivity contribution in [3.63, 3.8) is 0 Å². The number of hydrogen-bond acceptors (Lipinski definition) is 1. The first-order valence-corrected chi connectivity index (χ1v) is 8.08. The van der Waals surface area contributed by atoms with Crippen LogP contribution in [0.5, 0.6) is 0 Å². The summed E-state index contributed by atoms with van der Waals surface area (Å²) in [6.07, 6.45) is 0.484. The van der Waals surface area contributed by atoms with E-state index in [-0.39, 0.29) is 11.8 Å². The molecule has 0 saturated carbocycles. The lowest BCUT2D eigenvalue weighted by Gasteiger charge is -2.27. The van der Waals surface area contributed by atoms with Gasteiger partial charge in [0.05, 0.1) is 0 Å². The highest BCUT2D eigenvalue weighted by molar-refractivity contribution is 9.10. The molecule has 1 N–H and O–H groups in total. The van der Waals surface area contributed by atoms with Gasteiger partial charge in [0.1, 0.15) is 0 Å². The molecule has 0 radical (unpaired) electrons. The van der Waals surface area contributed by atoms with Crippen molar-refractivity contribution in [3.8, 4) is 0 Å². The first-order chi connectivity index (χ1) is 10.7. The maximum atomic E-state index is 12.1. The molecule has 0 spiro atoms. The fourth-order valence-corrected chi connectivity index (χ4v) is 3.69. The number of fused-ring (bicyclic) bond motifs is 3. The van der Waals surface area contributed by atoms with E-state index in [0.29, 0.717) is 6.42 Å². The van der Waals surface area contributed by atoms with Crippen LogP contribution in [0.4, 0.5) is 5.69 Å². The molecule has 108 valence electrons. The van der Waals surface area contributed by atoms with Crippen LogP contribution in [-0.4, -0.2) is 5.91 Å². The Hall–Kier alpha value is -2.13. The summed E-state index contributed by atoms with van der Waals surface area (Å²) in [7, 11) is 0. The van der Waals surface area contributed by atoms with E-state index >= 15 is 0 Å². The van der Waals surface area contributed by atoms with Crippen LogP contribution in [0.15, 0.2) is 65.1 Å². The minimum absolute atomic E-state index is 0.0766. The first-order valence-electron chi connectivity index (χ1n) is 7.29. The SMILES string of the molecule is O=C1CC(c2cccc(Br)c2)c2c(ccc3ccccc23)N1. The molecule has 3 aromatic carbocycles. The zero-order valence-electron chi connectivity index (χ0n) is 11.8. The van der Waals surface area contributed by atoms with E-state index in [4.69, 9.17) is 0 Å². The van der Waals surface area contributed by atoms with E-state index in [9.17, 15) is 4.79 Å². The molecule has 0 aliphatic carbocycles. The molecule has 0 bridgehead atoms. The van der Waals surface area contributed by atoms with Gasteiger partial charge in [-0.3, -0.25) is 4.79 Å². The Morgan fingerprint density at radius 2 is 1.86 bits per heavy atom. The molecule has 3 heteroatoms. The molecule has 2 nitrogen and oxygen atoms in total. The molecule has 1 unspecified atom stereocenters. The summed E-state index contributed by atoms with van der Waals surface area (Å²) in [4.78, 5) is 12.1. The van der Waals surface area contributed by atoms with Gasteiger partial charge in [-0.2, -0.15) is 0 Å². The second kappa shape index (κ2) is 5.25. The third-order valence-corrected chi connectivity index (χ3v) is 4.73. The Morgan fingerprint density at radius 1 is 1.00 bits per heavy atom. The summed E-state index contributed by atoms with van der Waals surface area (Å²) >= 11 is 3.53. The van der Waals surface area contributed by atoms with E-state index < -0.39 is 0 Å². The standard InChI is InChI=1S/C19H14BrNO/c20-14-6-3-5-13(10-14)16-11-18(22)21-17-9-8-12-4-1-2-7-15(12)19(16)17/h1-10,16H,11H2,(H,21,22). The lowest BCUT2D eigenvalue weighted by atomic mass is 9.82. The van der Waals surface area contributed by atoms with Gasteiger partial charge in [0.25, 0.3) is 0 Å². The second-order valence-corrected chi connectivity index (χ2v) is 6.52. The fraction of sp³-hybridized carbons (Fsp3) is 0.105. The monoisotopic (exact) mass is 351 g/mol. The highest BCUT2D eigenvalue weighted by atomic mass is 79.9. The van der Waals surface area contributed by atoms with E-state index in [0.717, 1.165) is 10.2 Å². The topological polar surface area (TPSA) is 29.1 Å². The van der Waals surface area contributed by atoms with Gasteiger partial charge in [-0.05, 0) is 40.1 Å². The van der Waals surface area contributed by atoms with Gasteiger partial charge in [-0.25, -0.2) is 0 Å². The molecular formula is C19H14BrNO. The number of anilines is 1. The molecule has 4 rings (SSSR count). The minimum atomic E-state index is 0.0766. The van der Waals surface area contributed by atoms with Gasteiger partial charge in [-0.15, -0.1) is 0 Å². The van der Waals surface area contributed by atoms with Crippen LogP contribution in [-0.2, 0) is 4.79 Å². The van der Waals surface area contributed by atoms with Gasteiger partial charge < -0.3 is 5.32 Å². The number of carbonyl (C=O) groups is 1. The van der Waals surface area contributed by atoms with Crippen LogP contribution in [0.25, 0.3) is 10.8 Å². The Bertz CT molecular complexity index is 887. The molecule has 1 aliphatic heterocycles. The fourth-order valence-electron chi connectivity index (χ4n) is 3.28. The van der Waals surface area contributed by atoms with Crippen molar-refractivity contribution in [2.45, 2.75) is 12.3 Å². The van der Waals surface area contributed by atoms with Crippen molar-refractivity contribution in [1.29, 1.82) is 0 Å². The number of halogens is 1. The van der Waals surface area contributed by atoms with Crippen molar-refractivity contribution in [3.05, 3.63) is 76.3 Å². The lowest BCUT2D eigenvalue weighted by Crippen LogP contribution is -2.23. The third-order valence-electron chi connectivity index (χ3n) is 4.23. The molecule has 0 saturated heterocycles. The van der Waals surface area contributed by atoms with Crippen molar-refractivity contribution in [2.24, 2.45) is 0 Å². The molecular weight excluding hydrogens is 338 g/mol. The van der Waals surface area contributed by atoms with Crippen LogP contribution in [0.1, 0.15) is 23.5 Å². The van der Waals surface area contributed by atoms with Crippen molar-refractivity contribution in [2.75, 3.05) is 5.32 Å². The molecule has 1 atom stereocenters. The van der Waals surface area contributed by atoms with Crippen LogP contribution in [0, 0.1) is 0 Å². The van der Waals surface area contributed by atoms with Crippen molar-refractivity contribution < 1.29 is 4.79 Å². The first kappa shape index (κ1) is 13.5. The van der Waals surface area contributed by atoms with Crippen LogP contribution < -0.4 is 5.32 Å². The largest absolute Gasteiger partial charge is 0.326 e. The zero-order chi connectivity index (χ0) is 15.1. The summed E-state index contributed by atoms with van der Waals surface area (Å²) in [5, 5.41) is 5.43. The van der Waals surface area contributed by atoms with E-state index in [1.807, 2.05) is 24.3 Å². The second-order valence-electron chi connectivity index (χ2n) is 5.61. The normalized spacial score (nSPS) is 17.1. The molecule has 0 aromatic heterocycles. The zero-order valence-corrected chi connectivity index (χ0v) is 13.4. The highest BCUT2D eigenvalue weighted by Crippen LogP contribution is 2.41. The summed E-state index contributed by atoms with van der Waals surface area (Å²) in [5.41, 5.74) is 3.32. The van der Waals surface area contributed by atoms with Crippen molar-refractivity contribution >= 4 is 38.3 Å². The summed E-state index contributed by atoms with van der Waals surface area (Å²) in [6.45, 7) is 0. The van der Waals surface area contributed by atoms with Crippen LogP contribution >= 0.6 is 15.9 Å². The predicted octanol–water partition coefficient (Wildman–Crippen LogP) is 5.08. The number of carbonyl (C=O) groups excluding carboxylic acids is 1. The van der Waals surface area contributed by atoms with E-state index in [1.165, 1.54) is 21.9 Å². The number of amides is 1. The Morgan fingerprint density at radius 3 is 2.73 bits per heavy atom. The van der Waals surface area contributed by atoms with E-state index in [1.54, 1.807) is 0 Å².